The molecule has 0 saturated carbocycles. The van der Waals surface area contributed by atoms with Gasteiger partial charge in [-0.3, -0.25) is 0 Å². The second kappa shape index (κ2) is 4.43. The Kier molecular flexibility index (Phi) is 3.74. The minimum Gasteiger partial charge on any atom is -0.378 e. The molecule has 0 radical (unpaired) electrons. The van der Waals surface area contributed by atoms with E-state index in [4.69, 9.17) is 4.74 Å². The van der Waals surface area contributed by atoms with Crippen LogP contribution < -0.4 is 5.32 Å². The summed E-state index contributed by atoms with van der Waals surface area (Å²) < 4.78 is 5.51. The van der Waals surface area contributed by atoms with Crippen LogP contribution in [0.5, 0.6) is 0 Å². The molecule has 0 aromatic rings. The van der Waals surface area contributed by atoms with Gasteiger partial charge in [0.25, 0.3) is 0 Å². The van der Waals surface area contributed by atoms with Gasteiger partial charge in [0.05, 0.1) is 6.10 Å². The van der Waals surface area contributed by atoms with Crippen LogP contribution in [0.2, 0.25) is 0 Å². The maximum absolute atomic E-state index is 5.51. The van der Waals surface area contributed by atoms with Crippen molar-refractivity contribution < 1.29 is 4.74 Å². The molecule has 13 heavy (non-hydrogen) atoms. The zero-order chi connectivity index (χ0) is 9.90. The van der Waals surface area contributed by atoms with E-state index in [9.17, 15) is 0 Å². The van der Waals surface area contributed by atoms with Crippen molar-refractivity contribution in [1.29, 1.82) is 0 Å². The number of ether oxygens (including phenoxy) is 1. The van der Waals surface area contributed by atoms with Gasteiger partial charge in [0, 0.05) is 19.7 Å². The quantitative estimate of drug-likeness (QED) is 0.726. The van der Waals surface area contributed by atoms with E-state index in [1.54, 1.807) is 0 Å². The van der Waals surface area contributed by atoms with E-state index in [-0.39, 0.29) is 0 Å². The molecular weight excluding hydrogens is 162 g/mol. The summed E-state index contributed by atoms with van der Waals surface area (Å²) >= 11 is 0. The SMILES string of the molecule is CC1OCCC1CNCC(C)(C)C. The van der Waals surface area contributed by atoms with E-state index in [1.807, 2.05) is 0 Å². The molecule has 2 unspecified atom stereocenters. The molecule has 0 aliphatic carbocycles. The molecular formula is C11H23NO. The second-order valence-corrected chi connectivity index (χ2v) is 5.32. The molecule has 2 nitrogen and oxygen atoms in total. The molecule has 1 heterocycles. The van der Waals surface area contributed by atoms with E-state index in [0.717, 1.165) is 25.6 Å². The zero-order valence-electron chi connectivity index (χ0n) is 9.39. The van der Waals surface area contributed by atoms with Gasteiger partial charge in [-0.2, -0.15) is 0 Å². The number of hydrogen-bond donors (Lipinski definition) is 1. The second-order valence-electron chi connectivity index (χ2n) is 5.32. The summed E-state index contributed by atoms with van der Waals surface area (Å²) in [5, 5.41) is 3.52. The predicted octanol–water partition coefficient (Wildman–Crippen LogP) is 2.05. The Hall–Kier alpha value is -0.0800. The summed E-state index contributed by atoms with van der Waals surface area (Å²) in [6.45, 7) is 12.1. The predicted molar refractivity (Wildman–Crippen MR) is 55.8 cm³/mol. The van der Waals surface area contributed by atoms with Gasteiger partial charge in [0.1, 0.15) is 0 Å². The Morgan fingerprint density at radius 2 is 2.08 bits per heavy atom. The summed E-state index contributed by atoms with van der Waals surface area (Å²) in [7, 11) is 0. The Morgan fingerprint density at radius 3 is 2.54 bits per heavy atom. The normalized spacial score (nSPS) is 29.5. The molecule has 0 spiro atoms. The van der Waals surface area contributed by atoms with Crippen molar-refractivity contribution in [3.8, 4) is 0 Å². The van der Waals surface area contributed by atoms with Gasteiger partial charge in [-0.05, 0) is 24.7 Å². The topological polar surface area (TPSA) is 21.3 Å². The van der Waals surface area contributed by atoms with Crippen LogP contribution in [0.15, 0.2) is 0 Å². The van der Waals surface area contributed by atoms with E-state index in [0.29, 0.717) is 11.5 Å². The molecule has 1 rings (SSSR count). The fourth-order valence-corrected chi connectivity index (χ4v) is 1.68. The van der Waals surface area contributed by atoms with Crippen molar-refractivity contribution >= 4 is 0 Å². The van der Waals surface area contributed by atoms with E-state index >= 15 is 0 Å². The fourth-order valence-electron chi connectivity index (χ4n) is 1.68. The zero-order valence-corrected chi connectivity index (χ0v) is 9.39. The van der Waals surface area contributed by atoms with Crippen LogP contribution in [0.3, 0.4) is 0 Å². The molecule has 0 bridgehead atoms. The third-order valence-electron chi connectivity index (χ3n) is 2.60. The van der Waals surface area contributed by atoms with Gasteiger partial charge in [0.2, 0.25) is 0 Å². The van der Waals surface area contributed by atoms with Crippen LogP contribution in [0.25, 0.3) is 0 Å². The Labute approximate surface area is 82.0 Å². The average Bonchev–Trinajstić information content (AvgIpc) is 2.34. The molecule has 1 aliphatic heterocycles. The fraction of sp³-hybridized carbons (Fsp3) is 1.00. The highest BCUT2D eigenvalue weighted by molar-refractivity contribution is 4.75. The van der Waals surface area contributed by atoms with Crippen LogP contribution in [0.1, 0.15) is 34.1 Å². The lowest BCUT2D eigenvalue weighted by Gasteiger charge is -2.21. The van der Waals surface area contributed by atoms with Gasteiger partial charge < -0.3 is 10.1 Å². The summed E-state index contributed by atoms with van der Waals surface area (Å²) in [5.41, 5.74) is 0.392. The standard InChI is InChI=1S/C11H23NO/c1-9-10(5-6-13-9)7-12-8-11(2,3)4/h9-10,12H,5-8H2,1-4H3. The van der Waals surface area contributed by atoms with Crippen molar-refractivity contribution in [2.75, 3.05) is 19.7 Å². The van der Waals surface area contributed by atoms with Crippen LogP contribution >= 0.6 is 0 Å². The average molecular weight is 185 g/mol. The van der Waals surface area contributed by atoms with Crippen molar-refractivity contribution in [2.24, 2.45) is 11.3 Å². The molecule has 0 aromatic heterocycles. The monoisotopic (exact) mass is 185 g/mol. The summed E-state index contributed by atoms with van der Waals surface area (Å²) in [6, 6.07) is 0. The number of hydrogen-bond acceptors (Lipinski definition) is 2. The third kappa shape index (κ3) is 4.10. The first-order valence-corrected chi connectivity index (χ1v) is 5.31. The van der Waals surface area contributed by atoms with Gasteiger partial charge in [-0.15, -0.1) is 0 Å². The molecule has 0 aromatic carbocycles. The lowest BCUT2D eigenvalue weighted by atomic mass is 9.96. The molecule has 0 amide bonds. The van der Waals surface area contributed by atoms with Gasteiger partial charge >= 0.3 is 0 Å². The Balaban J connectivity index is 2.12. The summed E-state index contributed by atoms with van der Waals surface area (Å²) in [5.74, 6) is 0.724. The highest BCUT2D eigenvalue weighted by atomic mass is 16.5. The molecule has 78 valence electrons. The van der Waals surface area contributed by atoms with Gasteiger partial charge in [0.15, 0.2) is 0 Å². The van der Waals surface area contributed by atoms with Crippen LogP contribution in [-0.2, 0) is 4.74 Å². The van der Waals surface area contributed by atoms with Crippen LogP contribution in [0, 0.1) is 11.3 Å². The van der Waals surface area contributed by atoms with E-state index in [1.165, 1.54) is 6.42 Å². The van der Waals surface area contributed by atoms with E-state index < -0.39 is 0 Å². The lowest BCUT2D eigenvalue weighted by Crippen LogP contribution is -2.33. The highest BCUT2D eigenvalue weighted by Crippen LogP contribution is 2.19. The number of nitrogens with one attached hydrogen (secondary N) is 1. The molecule has 2 heteroatoms. The summed E-state index contributed by atoms with van der Waals surface area (Å²) in [4.78, 5) is 0. The first-order valence-electron chi connectivity index (χ1n) is 5.31. The minimum atomic E-state index is 0.392. The van der Waals surface area contributed by atoms with Crippen LogP contribution in [0.4, 0.5) is 0 Å². The lowest BCUT2D eigenvalue weighted by molar-refractivity contribution is 0.105. The number of rotatable bonds is 3. The van der Waals surface area contributed by atoms with Crippen molar-refractivity contribution in [1.82, 2.24) is 5.32 Å². The highest BCUT2D eigenvalue weighted by Gasteiger charge is 2.23. The first-order chi connectivity index (χ1) is 5.99. The van der Waals surface area contributed by atoms with Gasteiger partial charge in [-0.25, -0.2) is 0 Å². The van der Waals surface area contributed by atoms with Crippen molar-refractivity contribution in [3.05, 3.63) is 0 Å². The molecule has 2 atom stereocenters. The Morgan fingerprint density at radius 1 is 1.38 bits per heavy atom. The molecule has 1 aliphatic rings. The minimum absolute atomic E-state index is 0.392. The molecule has 1 N–H and O–H groups in total. The van der Waals surface area contributed by atoms with Crippen LogP contribution in [-0.4, -0.2) is 25.8 Å². The van der Waals surface area contributed by atoms with Crippen molar-refractivity contribution in [2.45, 2.75) is 40.2 Å². The largest absolute Gasteiger partial charge is 0.378 e. The smallest absolute Gasteiger partial charge is 0.0588 e. The maximum atomic E-state index is 5.51. The molecule has 1 fully saturated rings. The molecule has 1 saturated heterocycles. The van der Waals surface area contributed by atoms with E-state index in [2.05, 4.69) is 33.0 Å². The summed E-state index contributed by atoms with van der Waals surface area (Å²) in [6.07, 6.45) is 1.67. The first kappa shape index (κ1) is 11.0. The third-order valence-corrected chi connectivity index (χ3v) is 2.60. The van der Waals surface area contributed by atoms with Crippen molar-refractivity contribution in [3.63, 3.8) is 0 Å². The Bertz CT molecular complexity index is 151. The maximum Gasteiger partial charge on any atom is 0.0588 e. The van der Waals surface area contributed by atoms with Gasteiger partial charge in [-0.1, -0.05) is 20.8 Å².